The molecule has 0 bridgehead atoms. The van der Waals surface area contributed by atoms with Crippen LogP contribution >= 0.6 is 0 Å². The van der Waals surface area contributed by atoms with E-state index in [0.29, 0.717) is 5.69 Å². The smallest absolute Gasteiger partial charge is 0.249 e. The van der Waals surface area contributed by atoms with Crippen LogP contribution < -0.4 is 10.6 Å². The predicted molar refractivity (Wildman–Crippen MR) is 64.6 cm³/mol. The summed E-state index contributed by atoms with van der Waals surface area (Å²) < 4.78 is 4.89. The molecular formula is C12H16N2O3. The summed E-state index contributed by atoms with van der Waals surface area (Å²) in [6, 6.07) is 8.36. The zero-order valence-electron chi connectivity index (χ0n) is 9.90. The van der Waals surface area contributed by atoms with Gasteiger partial charge in [0, 0.05) is 19.7 Å². The molecule has 0 heterocycles. The molecule has 0 unspecified atom stereocenters. The summed E-state index contributed by atoms with van der Waals surface area (Å²) in [5.74, 6) is -0.566. The monoisotopic (exact) mass is 236 g/mol. The van der Waals surface area contributed by atoms with Crippen LogP contribution in [0.15, 0.2) is 30.3 Å². The molecule has 0 fully saturated rings. The number of hydrogen-bond donors (Lipinski definition) is 2. The van der Waals surface area contributed by atoms with Crippen molar-refractivity contribution in [3.05, 3.63) is 30.3 Å². The van der Waals surface area contributed by atoms with Crippen LogP contribution in [0.1, 0.15) is 6.92 Å². The van der Waals surface area contributed by atoms with Crippen LogP contribution in [0.25, 0.3) is 0 Å². The number of nitrogens with one attached hydrogen (secondary N) is 2. The Labute approximate surface area is 100 Å². The number of rotatable bonds is 5. The minimum atomic E-state index is -0.683. The minimum Gasteiger partial charge on any atom is -0.382 e. The molecule has 1 aromatic carbocycles. The van der Waals surface area contributed by atoms with Crippen LogP contribution in [0.5, 0.6) is 0 Å². The average Bonchev–Trinajstić information content (AvgIpc) is 2.29. The number of amides is 2. The van der Waals surface area contributed by atoms with Crippen LogP contribution in [0.2, 0.25) is 0 Å². The van der Waals surface area contributed by atoms with Crippen molar-refractivity contribution >= 4 is 17.5 Å². The van der Waals surface area contributed by atoms with Crippen molar-refractivity contribution < 1.29 is 14.3 Å². The summed E-state index contributed by atoms with van der Waals surface area (Å²) >= 11 is 0. The van der Waals surface area contributed by atoms with Gasteiger partial charge in [-0.1, -0.05) is 18.2 Å². The Balaban J connectivity index is 2.62. The first-order chi connectivity index (χ1) is 8.13. The number of anilines is 1. The first-order valence-corrected chi connectivity index (χ1v) is 5.25. The van der Waals surface area contributed by atoms with E-state index in [1.807, 2.05) is 18.2 Å². The highest BCUT2D eigenvalue weighted by Gasteiger charge is 2.18. The fourth-order valence-electron chi connectivity index (χ4n) is 1.35. The quantitative estimate of drug-likeness (QED) is 0.793. The Bertz CT molecular complexity index is 379. The zero-order valence-corrected chi connectivity index (χ0v) is 9.90. The number of para-hydroxylation sites is 1. The van der Waals surface area contributed by atoms with Crippen LogP contribution in [0.3, 0.4) is 0 Å². The molecule has 92 valence electrons. The SMILES string of the molecule is COC[C@@H](NC(C)=O)C(=O)Nc1ccccc1. The maximum Gasteiger partial charge on any atom is 0.249 e. The first kappa shape index (κ1) is 13.2. The predicted octanol–water partition coefficient (Wildman–Crippen LogP) is 0.776. The lowest BCUT2D eigenvalue weighted by Gasteiger charge is -2.16. The van der Waals surface area contributed by atoms with Crippen molar-refractivity contribution in [1.82, 2.24) is 5.32 Å². The third kappa shape index (κ3) is 4.65. The summed E-state index contributed by atoms with van der Waals surface area (Å²) in [4.78, 5) is 22.8. The summed E-state index contributed by atoms with van der Waals surface area (Å²) in [5, 5.41) is 5.22. The summed E-state index contributed by atoms with van der Waals surface area (Å²) in [6.07, 6.45) is 0. The zero-order chi connectivity index (χ0) is 12.7. The molecule has 0 aliphatic carbocycles. The van der Waals surface area contributed by atoms with Crippen molar-refractivity contribution in [2.45, 2.75) is 13.0 Å². The van der Waals surface area contributed by atoms with Crippen LogP contribution in [0.4, 0.5) is 5.69 Å². The van der Waals surface area contributed by atoms with E-state index in [9.17, 15) is 9.59 Å². The number of ether oxygens (including phenoxy) is 1. The molecular weight excluding hydrogens is 220 g/mol. The van der Waals surface area contributed by atoms with Gasteiger partial charge in [-0.05, 0) is 12.1 Å². The second kappa shape index (κ2) is 6.65. The Morgan fingerprint density at radius 1 is 1.29 bits per heavy atom. The minimum absolute atomic E-state index is 0.137. The van der Waals surface area contributed by atoms with Gasteiger partial charge >= 0.3 is 0 Å². The molecule has 5 nitrogen and oxygen atoms in total. The normalized spacial score (nSPS) is 11.6. The van der Waals surface area contributed by atoms with E-state index in [0.717, 1.165) is 0 Å². The Morgan fingerprint density at radius 3 is 2.47 bits per heavy atom. The number of methoxy groups -OCH3 is 1. The van der Waals surface area contributed by atoms with Crippen molar-refractivity contribution in [3.63, 3.8) is 0 Å². The van der Waals surface area contributed by atoms with Gasteiger partial charge in [0.2, 0.25) is 11.8 Å². The van der Waals surface area contributed by atoms with Gasteiger partial charge in [0.05, 0.1) is 6.61 Å². The maximum atomic E-state index is 11.8. The van der Waals surface area contributed by atoms with Gasteiger partial charge in [0.25, 0.3) is 0 Å². The summed E-state index contributed by atoms with van der Waals surface area (Å²) in [5.41, 5.74) is 0.684. The third-order valence-corrected chi connectivity index (χ3v) is 2.07. The highest BCUT2D eigenvalue weighted by molar-refractivity contribution is 5.97. The van der Waals surface area contributed by atoms with E-state index in [2.05, 4.69) is 10.6 Å². The molecule has 1 rings (SSSR count). The number of carbonyl (C=O) groups excluding carboxylic acids is 2. The fraction of sp³-hybridized carbons (Fsp3) is 0.333. The molecule has 1 atom stereocenters. The number of hydrogen-bond acceptors (Lipinski definition) is 3. The second-order valence-corrected chi connectivity index (χ2v) is 3.56. The van der Waals surface area contributed by atoms with E-state index in [-0.39, 0.29) is 18.4 Å². The van der Waals surface area contributed by atoms with Crippen molar-refractivity contribution in [3.8, 4) is 0 Å². The molecule has 0 radical (unpaired) electrons. The lowest BCUT2D eigenvalue weighted by Crippen LogP contribution is -2.45. The van der Waals surface area contributed by atoms with E-state index < -0.39 is 6.04 Å². The molecule has 0 saturated carbocycles. The summed E-state index contributed by atoms with van der Waals surface area (Å²) in [7, 11) is 1.48. The molecule has 1 aromatic rings. The molecule has 0 aliphatic rings. The van der Waals surface area contributed by atoms with Crippen LogP contribution in [-0.2, 0) is 14.3 Å². The molecule has 0 aliphatic heterocycles. The summed E-state index contributed by atoms with van der Waals surface area (Å²) in [6.45, 7) is 1.50. The topological polar surface area (TPSA) is 67.4 Å². The van der Waals surface area contributed by atoms with Crippen LogP contribution in [0, 0.1) is 0 Å². The second-order valence-electron chi connectivity index (χ2n) is 3.56. The molecule has 0 spiro atoms. The van der Waals surface area contributed by atoms with Crippen LogP contribution in [-0.4, -0.2) is 31.6 Å². The van der Waals surface area contributed by atoms with Gasteiger partial charge in [0.1, 0.15) is 6.04 Å². The molecule has 0 saturated heterocycles. The van der Waals surface area contributed by atoms with E-state index in [1.165, 1.54) is 14.0 Å². The average molecular weight is 236 g/mol. The van der Waals surface area contributed by atoms with Crippen molar-refractivity contribution in [2.75, 3.05) is 19.0 Å². The van der Waals surface area contributed by atoms with Gasteiger partial charge in [-0.25, -0.2) is 0 Å². The molecule has 17 heavy (non-hydrogen) atoms. The first-order valence-electron chi connectivity index (χ1n) is 5.25. The lowest BCUT2D eigenvalue weighted by molar-refractivity contribution is -0.126. The number of carbonyl (C=O) groups is 2. The molecule has 0 aromatic heterocycles. The van der Waals surface area contributed by atoms with Gasteiger partial charge in [-0.2, -0.15) is 0 Å². The third-order valence-electron chi connectivity index (χ3n) is 2.07. The number of benzene rings is 1. The Kier molecular flexibility index (Phi) is 5.16. The van der Waals surface area contributed by atoms with Gasteiger partial charge in [0.15, 0.2) is 0 Å². The molecule has 2 amide bonds. The van der Waals surface area contributed by atoms with Gasteiger partial charge in [-0.15, -0.1) is 0 Å². The van der Waals surface area contributed by atoms with E-state index >= 15 is 0 Å². The highest BCUT2D eigenvalue weighted by Crippen LogP contribution is 2.05. The highest BCUT2D eigenvalue weighted by atomic mass is 16.5. The lowest BCUT2D eigenvalue weighted by atomic mass is 10.2. The Hall–Kier alpha value is -1.88. The maximum absolute atomic E-state index is 11.8. The van der Waals surface area contributed by atoms with Gasteiger partial charge in [-0.3, -0.25) is 9.59 Å². The van der Waals surface area contributed by atoms with E-state index in [4.69, 9.17) is 4.74 Å². The molecule has 2 N–H and O–H groups in total. The van der Waals surface area contributed by atoms with Gasteiger partial charge < -0.3 is 15.4 Å². The fourth-order valence-corrected chi connectivity index (χ4v) is 1.35. The standard InChI is InChI=1S/C12H16N2O3/c1-9(15)13-11(8-17-2)12(16)14-10-6-4-3-5-7-10/h3-7,11H,8H2,1-2H3,(H,13,15)(H,14,16)/t11-/m1/s1. The van der Waals surface area contributed by atoms with Crippen molar-refractivity contribution in [2.24, 2.45) is 0 Å². The molecule has 5 heteroatoms. The van der Waals surface area contributed by atoms with E-state index in [1.54, 1.807) is 12.1 Å². The Morgan fingerprint density at radius 2 is 1.94 bits per heavy atom. The largest absolute Gasteiger partial charge is 0.382 e. The van der Waals surface area contributed by atoms with Crippen molar-refractivity contribution in [1.29, 1.82) is 0 Å².